The highest BCUT2D eigenvalue weighted by Gasteiger charge is 2.20. The summed E-state index contributed by atoms with van der Waals surface area (Å²) >= 11 is 7.57. The van der Waals surface area contributed by atoms with Crippen molar-refractivity contribution in [1.82, 2.24) is 0 Å². The zero-order valence-corrected chi connectivity index (χ0v) is 10.7. The fourth-order valence-electron chi connectivity index (χ4n) is 1.58. The van der Waals surface area contributed by atoms with Gasteiger partial charge in [0.2, 0.25) is 0 Å². The number of benzene rings is 1. The largest absolute Gasteiger partial charge is 0.469 e. The van der Waals surface area contributed by atoms with Gasteiger partial charge in [0.25, 0.3) is 0 Å². The molecular formula is C12H11ClO3S. The lowest BCUT2D eigenvalue weighted by Gasteiger charge is -2.07. The fourth-order valence-corrected chi connectivity index (χ4v) is 3.13. The monoisotopic (exact) mass is 270 g/mol. The summed E-state index contributed by atoms with van der Waals surface area (Å²) in [6, 6.07) is 7.62. The Bertz CT molecular complexity index is 550. The van der Waals surface area contributed by atoms with Crippen molar-refractivity contribution in [2.75, 3.05) is 7.11 Å². The topological polar surface area (TPSA) is 46.5 Å². The quantitative estimate of drug-likeness (QED) is 0.872. The Morgan fingerprint density at radius 3 is 2.88 bits per heavy atom. The van der Waals surface area contributed by atoms with Gasteiger partial charge in [-0.3, -0.25) is 4.79 Å². The molecule has 1 atom stereocenters. The Hall–Kier alpha value is -1.10. The maximum Gasteiger partial charge on any atom is 0.308 e. The van der Waals surface area contributed by atoms with Gasteiger partial charge in [0.15, 0.2) is 0 Å². The van der Waals surface area contributed by atoms with Crippen molar-refractivity contribution >= 4 is 39.0 Å². The number of carbonyl (C=O) groups is 1. The van der Waals surface area contributed by atoms with E-state index >= 15 is 0 Å². The van der Waals surface area contributed by atoms with Crippen LogP contribution >= 0.6 is 22.9 Å². The zero-order chi connectivity index (χ0) is 12.4. The van der Waals surface area contributed by atoms with Crippen LogP contribution in [0.4, 0.5) is 0 Å². The van der Waals surface area contributed by atoms with E-state index in [0.717, 1.165) is 10.1 Å². The minimum atomic E-state index is -0.910. The number of methoxy groups -OCH3 is 1. The number of rotatable bonds is 3. The van der Waals surface area contributed by atoms with Crippen LogP contribution in [0.3, 0.4) is 0 Å². The Balaban J connectivity index is 2.35. The van der Waals surface area contributed by atoms with Crippen molar-refractivity contribution in [3.8, 4) is 0 Å². The van der Waals surface area contributed by atoms with Crippen molar-refractivity contribution in [2.45, 2.75) is 12.5 Å². The molecule has 1 N–H and O–H groups in total. The van der Waals surface area contributed by atoms with Crippen LogP contribution < -0.4 is 0 Å². The summed E-state index contributed by atoms with van der Waals surface area (Å²) in [5.41, 5.74) is 0. The molecule has 0 amide bonds. The summed E-state index contributed by atoms with van der Waals surface area (Å²) < 4.78 is 5.52. The van der Waals surface area contributed by atoms with E-state index in [0.29, 0.717) is 9.90 Å². The summed E-state index contributed by atoms with van der Waals surface area (Å²) in [6.45, 7) is 0. The van der Waals surface area contributed by atoms with Gasteiger partial charge in [-0.15, -0.1) is 11.3 Å². The van der Waals surface area contributed by atoms with Gasteiger partial charge in [0, 0.05) is 10.1 Å². The van der Waals surface area contributed by atoms with E-state index in [2.05, 4.69) is 4.74 Å². The first-order valence-electron chi connectivity index (χ1n) is 5.05. The summed E-state index contributed by atoms with van der Waals surface area (Å²) in [6.07, 6.45) is -0.990. The van der Waals surface area contributed by atoms with E-state index in [4.69, 9.17) is 11.6 Å². The zero-order valence-electron chi connectivity index (χ0n) is 9.14. The first kappa shape index (κ1) is 12.4. The number of ether oxygens (including phenoxy) is 1. The highest BCUT2D eigenvalue weighted by molar-refractivity contribution is 7.19. The molecule has 0 bridgehead atoms. The lowest BCUT2D eigenvalue weighted by Crippen LogP contribution is -2.07. The standard InChI is InChI=1S/C12H11ClO3S/c1-16-10(15)6-8(14)12-11(13)7-4-2-3-5-9(7)17-12/h2-5,8,14H,6H2,1H3. The van der Waals surface area contributed by atoms with Gasteiger partial charge in [0.05, 0.1) is 23.4 Å². The predicted molar refractivity (Wildman–Crippen MR) is 68.4 cm³/mol. The minimum Gasteiger partial charge on any atom is -0.469 e. The molecule has 0 aliphatic rings. The van der Waals surface area contributed by atoms with Crippen LogP contribution in [0, 0.1) is 0 Å². The molecule has 0 saturated heterocycles. The van der Waals surface area contributed by atoms with Crippen LogP contribution in [0.1, 0.15) is 17.4 Å². The number of fused-ring (bicyclic) bond motifs is 1. The number of thiophene rings is 1. The van der Waals surface area contributed by atoms with Crippen LogP contribution in [0.15, 0.2) is 24.3 Å². The van der Waals surface area contributed by atoms with Gasteiger partial charge in [-0.1, -0.05) is 29.8 Å². The van der Waals surface area contributed by atoms with E-state index < -0.39 is 12.1 Å². The molecule has 0 spiro atoms. The van der Waals surface area contributed by atoms with Crippen LogP contribution in [0.2, 0.25) is 5.02 Å². The molecule has 0 fully saturated rings. The second-order valence-electron chi connectivity index (χ2n) is 3.57. The molecule has 1 aromatic heterocycles. The predicted octanol–water partition coefficient (Wildman–Crippen LogP) is 3.15. The molecule has 17 heavy (non-hydrogen) atoms. The molecule has 0 aliphatic heterocycles. The Morgan fingerprint density at radius 2 is 2.24 bits per heavy atom. The van der Waals surface area contributed by atoms with E-state index in [1.165, 1.54) is 18.4 Å². The number of hydrogen-bond donors (Lipinski definition) is 1. The van der Waals surface area contributed by atoms with Crippen molar-refractivity contribution < 1.29 is 14.6 Å². The van der Waals surface area contributed by atoms with Crippen LogP contribution in [0.25, 0.3) is 10.1 Å². The number of carbonyl (C=O) groups excluding carboxylic acids is 1. The molecule has 1 unspecified atom stereocenters. The summed E-state index contributed by atoms with van der Waals surface area (Å²) in [7, 11) is 1.29. The number of hydrogen-bond acceptors (Lipinski definition) is 4. The molecule has 0 radical (unpaired) electrons. The molecule has 2 aromatic rings. The number of esters is 1. The van der Waals surface area contributed by atoms with Gasteiger partial charge >= 0.3 is 5.97 Å². The van der Waals surface area contributed by atoms with Crippen LogP contribution in [-0.2, 0) is 9.53 Å². The number of aliphatic hydroxyl groups excluding tert-OH is 1. The first-order valence-corrected chi connectivity index (χ1v) is 6.24. The molecule has 3 nitrogen and oxygen atoms in total. The highest BCUT2D eigenvalue weighted by Crippen LogP contribution is 2.39. The average molecular weight is 271 g/mol. The van der Waals surface area contributed by atoms with Crippen molar-refractivity contribution in [2.24, 2.45) is 0 Å². The maximum absolute atomic E-state index is 11.1. The SMILES string of the molecule is COC(=O)CC(O)c1sc2ccccc2c1Cl. The highest BCUT2D eigenvalue weighted by atomic mass is 35.5. The summed E-state index contributed by atoms with van der Waals surface area (Å²) in [5, 5.41) is 11.3. The van der Waals surface area contributed by atoms with E-state index in [-0.39, 0.29) is 6.42 Å². The molecule has 90 valence electrons. The third-order valence-corrected chi connectivity index (χ3v) is 4.24. The van der Waals surface area contributed by atoms with Gasteiger partial charge in [-0.25, -0.2) is 0 Å². The van der Waals surface area contributed by atoms with Crippen molar-refractivity contribution in [3.63, 3.8) is 0 Å². The van der Waals surface area contributed by atoms with E-state index in [9.17, 15) is 9.90 Å². The lowest BCUT2D eigenvalue weighted by atomic mass is 10.2. The number of halogens is 1. The second-order valence-corrected chi connectivity index (χ2v) is 5.03. The van der Waals surface area contributed by atoms with E-state index in [1.54, 1.807) is 0 Å². The third-order valence-electron chi connectivity index (χ3n) is 2.45. The maximum atomic E-state index is 11.1. The molecular weight excluding hydrogens is 260 g/mol. The summed E-state index contributed by atoms with van der Waals surface area (Å²) in [4.78, 5) is 11.7. The second kappa shape index (κ2) is 5.04. The third kappa shape index (κ3) is 2.44. The lowest BCUT2D eigenvalue weighted by molar-refractivity contribution is -0.142. The minimum absolute atomic E-state index is 0.0803. The fraction of sp³-hybridized carbons (Fsp3) is 0.250. The first-order chi connectivity index (χ1) is 8.13. The molecule has 1 aromatic carbocycles. The van der Waals surface area contributed by atoms with Crippen molar-refractivity contribution in [3.05, 3.63) is 34.2 Å². The van der Waals surface area contributed by atoms with E-state index in [1.807, 2.05) is 24.3 Å². The molecule has 5 heteroatoms. The van der Waals surface area contributed by atoms with Crippen LogP contribution in [-0.4, -0.2) is 18.2 Å². The Kier molecular flexibility index (Phi) is 3.66. The smallest absolute Gasteiger partial charge is 0.308 e. The average Bonchev–Trinajstić information content (AvgIpc) is 2.67. The molecule has 0 saturated carbocycles. The normalized spacial score (nSPS) is 12.6. The molecule has 0 aliphatic carbocycles. The van der Waals surface area contributed by atoms with Gasteiger partial charge < -0.3 is 9.84 Å². The summed E-state index contributed by atoms with van der Waals surface area (Å²) in [5.74, 6) is -0.453. The van der Waals surface area contributed by atoms with Crippen LogP contribution in [0.5, 0.6) is 0 Å². The van der Waals surface area contributed by atoms with Gasteiger partial charge in [-0.05, 0) is 6.07 Å². The molecule has 1 heterocycles. The number of aliphatic hydroxyl groups is 1. The van der Waals surface area contributed by atoms with Gasteiger partial charge in [0.1, 0.15) is 6.10 Å². The van der Waals surface area contributed by atoms with Crippen molar-refractivity contribution in [1.29, 1.82) is 0 Å². The molecule has 2 rings (SSSR count). The Labute approximate surface area is 108 Å². The van der Waals surface area contributed by atoms with Gasteiger partial charge in [-0.2, -0.15) is 0 Å². The Morgan fingerprint density at radius 1 is 1.53 bits per heavy atom.